The summed E-state index contributed by atoms with van der Waals surface area (Å²) in [7, 11) is 0. The second-order valence-corrected chi connectivity index (χ2v) is 34.0. The Morgan fingerprint density at radius 3 is 0.955 bits per heavy atom. The van der Waals surface area contributed by atoms with Crippen LogP contribution in [0.15, 0.2) is 0 Å². The normalized spacial score (nSPS) is 15.7. The van der Waals surface area contributed by atoms with Crippen molar-refractivity contribution in [1.29, 1.82) is 0 Å². The molecule has 89 heavy (non-hydrogen) atoms. The van der Waals surface area contributed by atoms with Crippen LogP contribution in [0, 0.1) is 107 Å². The molecule has 0 bridgehead atoms. The highest BCUT2D eigenvalue weighted by atomic mass is 27.2. The lowest BCUT2D eigenvalue weighted by Crippen LogP contribution is -2.84. The van der Waals surface area contributed by atoms with Gasteiger partial charge in [0.1, 0.15) is 18.6 Å². The highest BCUT2D eigenvalue weighted by Gasteiger charge is 2.44. The average Bonchev–Trinajstić information content (AvgIpc) is 1.20. The van der Waals surface area contributed by atoms with E-state index >= 15 is 0 Å². The second-order valence-electron chi connectivity index (χ2n) is 28.6. The first kappa shape index (κ1) is 87.2. The van der Waals surface area contributed by atoms with Crippen molar-refractivity contribution < 1.29 is 53.6 Å². The minimum absolute atomic E-state index is 0.362. The summed E-state index contributed by atoms with van der Waals surface area (Å²) < 4.78 is 146. The molecule has 2 rings (SSSR count). The fourth-order valence-corrected chi connectivity index (χ4v) is 24.3. The minimum Gasteiger partial charge on any atom is -0.346 e. The predicted molar refractivity (Wildman–Crippen MR) is 362 cm³/mol. The maximum absolute atomic E-state index is 13.8. The Morgan fingerprint density at radius 1 is 0.315 bits per heavy atom. The van der Waals surface area contributed by atoms with Gasteiger partial charge in [0, 0.05) is 5.56 Å². The fourth-order valence-electron chi connectivity index (χ4n) is 15.4. The molecule has 0 heterocycles. The molecule has 0 fully saturated rings. The quantitative estimate of drug-likeness (QED) is 0.0224. The van der Waals surface area contributed by atoms with Gasteiger partial charge < -0.3 is 5.32 Å². The summed E-state index contributed by atoms with van der Waals surface area (Å²) in [5.74, 6) is -12.6. The predicted octanol–water partition coefficient (Wildman–Crippen LogP) is 27.1. The van der Waals surface area contributed by atoms with Gasteiger partial charge in [-0.2, -0.15) is 34.3 Å². The van der Waals surface area contributed by atoms with E-state index < -0.39 is 88.0 Å². The third-order valence-corrected chi connectivity index (χ3v) is 27.8. The molecule has 9 atom stereocenters. The summed E-state index contributed by atoms with van der Waals surface area (Å²) in [4.78, 5) is 0. The maximum atomic E-state index is 13.8. The number of hydrogen-bond donors (Lipinski definition) is 1. The Balaban J connectivity index is 0.00000146. The van der Waals surface area contributed by atoms with Crippen LogP contribution in [0.1, 0.15) is 320 Å². The molecule has 2 aromatic rings. The summed E-state index contributed by atoms with van der Waals surface area (Å²) in [6, 6.07) is 0. The molecule has 9 unspecified atom stereocenters. The number of hydrogen-bond acceptors (Lipinski definition) is 0. The van der Waals surface area contributed by atoms with E-state index in [0.717, 1.165) is 53.3 Å². The fraction of sp³-hybridized carbons (Fsp3) is 0.842. The smallest absolute Gasteiger partial charge is 0.346 e. The van der Waals surface area contributed by atoms with Gasteiger partial charge in [0.05, 0.1) is 18.7 Å². The zero-order valence-corrected chi connectivity index (χ0v) is 61.0. The van der Waals surface area contributed by atoms with E-state index in [1.165, 1.54) is 219 Å². The zero-order valence-electron chi connectivity index (χ0n) is 59.9. The maximum Gasteiger partial charge on any atom is 0.419 e. The van der Waals surface area contributed by atoms with Crippen LogP contribution in [-0.2, 0) is 6.18 Å². The summed E-state index contributed by atoms with van der Waals surface area (Å²) >= 11 is -1.85. The Labute approximate surface area is 542 Å². The standard InChI is InChI=1S/C18H39N.C14H3F11.4C11H23.Al/c1-4-7-9-10-11-12-13-16-19-17-15-18(6-3)14-8-5-2;1-2-3(4-7(16)11(20)13(22)12(21)8(4)17)5(14(23,24)25)9(18)10(19)6(2)15;4*1-5-7-11(6-2)9-8-10(3)4;/h18-19H,4-17H2,1-3H3;1H3;4*10-11H,3,5-9H2,1-2,4H3;/q;;;;;;-1/p+1. The van der Waals surface area contributed by atoms with Gasteiger partial charge in [-0.1, -0.05) is 314 Å². The summed E-state index contributed by atoms with van der Waals surface area (Å²) in [5, 5.41) is 9.16. The highest BCUT2D eigenvalue weighted by molar-refractivity contribution is 6.80. The van der Waals surface area contributed by atoms with E-state index in [9.17, 15) is 48.3 Å². The van der Waals surface area contributed by atoms with Crippen molar-refractivity contribution in [3.63, 3.8) is 0 Å². The van der Waals surface area contributed by atoms with Crippen molar-refractivity contribution in [3.05, 3.63) is 57.7 Å². The largest absolute Gasteiger partial charge is 0.419 e. The lowest BCUT2D eigenvalue weighted by Gasteiger charge is -2.45. The lowest BCUT2D eigenvalue weighted by atomic mass is 9.92. The molecule has 0 aliphatic rings. The Kier molecular flexibility index (Phi) is 48.6. The number of benzene rings is 2. The van der Waals surface area contributed by atoms with Crippen molar-refractivity contribution in [2.24, 2.45) is 53.3 Å². The number of halogens is 11. The Morgan fingerprint density at radius 2 is 0.629 bits per heavy atom. The number of unbranched alkanes of at least 4 members (excludes halogenated alkanes) is 7. The molecule has 524 valence electrons. The van der Waals surface area contributed by atoms with Gasteiger partial charge in [-0.05, 0) is 61.3 Å². The molecule has 2 aromatic carbocycles. The van der Waals surface area contributed by atoms with Gasteiger partial charge in [0.15, 0.2) is 40.7 Å². The van der Waals surface area contributed by atoms with Gasteiger partial charge in [-0.25, -0.2) is 35.1 Å². The van der Waals surface area contributed by atoms with Gasteiger partial charge in [-0.15, -0.1) is 0 Å². The van der Waals surface area contributed by atoms with Crippen LogP contribution in [0.5, 0.6) is 0 Å². The molecule has 0 spiro atoms. The first-order valence-electron chi connectivity index (χ1n) is 37.0. The molecular formula is C76H135AlF11N. The van der Waals surface area contributed by atoms with Gasteiger partial charge in [0.2, 0.25) is 5.82 Å². The van der Waals surface area contributed by atoms with Crippen LogP contribution >= 0.6 is 0 Å². The average molecular weight is 1300 g/mol. The third-order valence-electron chi connectivity index (χ3n) is 20.6. The topological polar surface area (TPSA) is 16.6 Å². The number of quaternary nitrogens is 1. The highest BCUT2D eigenvalue weighted by Crippen LogP contribution is 2.46. The Hall–Kier alpha value is -1.84. The summed E-state index contributed by atoms with van der Waals surface area (Å²) in [5.41, 5.74) is -8.45. The van der Waals surface area contributed by atoms with Crippen LogP contribution in [0.25, 0.3) is 11.1 Å². The van der Waals surface area contributed by atoms with E-state index in [-0.39, 0.29) is 0 Å². The van der Waals surface area contributed by atoms with Crippen molar-refractivity contribution in [1.82, 2.24) is 0 Å². The van der Waals surface area contributed by atoms with Crippen molar-refractivity contribution in [2.75, 3.05) is 13.1 Å². The molecule has 0 saturated carbocycles. The van der Waals surface area contributed by atoms with Crippen LogP contribution in [-0.4, -0.2) is 26.2 Å². The molecule has 0 radical (unpaired) electrons. The summed E-state index contributed by atoms with van der Waals surface area (Å²) in [6.07, 6.45) is 40.0. The van der Waals surface area contributed by atoms with Gasteiger partial charge in [0.25, 0.3) is 0 Å². The molecule has 0 aromatic heterocycles. The van der Waals surface area contributed by atoms with Crippen LogP contribution in [0.3, 0.4) is 0 Å². The van der Waals surface area contributed by atoms with E-state index in [1.54, 1.807) is 21.1 Å². The SMILES string of the molecule is CCCC(CC)CCC(C)[CH2][Al-]([CH2]C(C)CCC(CC)CCC)([CH2]C(C)CCC(CC)CCC)[CH2]C(C)CCC(CC)CCC.CCCCCCCCC[NH2+]CCC(CC)CCCC.Cc1c(F)c(F)c(F)c(C(F)(F)F)c1-c1c(F)c(F)c(F)c(F)c1F. The molecule has 0 amide bonds. The minimum atomic E-state index is -5.83. The van der Waals surface area contributed by atoms with Crippen molar-refractivity contribution in [2.45, 2.75) is 344 Å². The lowest BCUT2D eigenvalue weighted by molar-refractivity contribution is -0.656. The molecule has 1 nitrogen and oxygen atoms in total. The van der Waals surface area contributed by atoms with Gasteiger partial charge in [-0.3, -0.25) is 0 Å². The molecule has 0 saturated heterocycles. The molecular weight excluding hydrogens is 1160 g/mol. The number of rotatable bonds is 48. The molecule has 2 N–H and O–H groups in total. The van der Waals surface area contributed by atoms with E-state index in [1.807, 2.05) is 0 Å². The molecule has 13 heteroatoms. The first-order valence-corrected chi connectivity index (χ1v) is 40.3. The molecule has 0 aliphatic heterocycles. The zero-order chi connectivity index (χ0) is 67.7. The van der Waals surface area contributed by atoms with Crippen LogP contribution in [0.2, 0.25) is 21.1 Å². The van der Waals surface area contributed by atoms with E-state index in [0.29, 0.717) is 6.92 Å². The van der Waals surface area contributed by atoms with Gasteiger partial charge >= 0.3 is 6.18 Å². The second kappa shape index (κ2) is 49.7. The van der Waals surface area contributed by atoms with E-state index in [2.05, 4.69) is 109 Å². The number of alkyl halides is 3. The van der Waals surface area contributed by atoms with Crippen molar-refractivity contribution >= 4 is 13.1 Å². The van der Waals surface area contributed by atoms with Crippen molar-refractivity contribution in [3.8, 4) is 11.1 Å². The third kappa shape index (κ3) is 33.9. The number of nitrogens with two attached hydrogens (primary N) is 1. The first-order chi connectivity index (χ1) is 42.2. The summed E-state index contributed by atoms with van der Waals surface area (Å²) in [6.45, 7) is 40.2. The van der Waals surface area contributed by atoms with Crippen LogP contribution < -0.4 is 5.32 Å². The van der Waals surface area contributed by atoms with E-state index in [4.69, 9.17) is 0 Å². The Bertz CT molecular complexity index is 1960. The monoisotopic (exact) mass is 1300 g/mol. The molecule has 0 aliphatic carbocycles. The van der Waals surface area contributed by atoms with Crippen LogP contribution in [0.4, 0.5) is 48.3 Å².